The van der Waals surface area contributed by atoms with E-state index in [1.807, 2.05) is 37.3 Å². The summed E-state index contributed by atoms with van der Waals surface area (Å²) >= 11 is 0. The minimum Gasteiger partial charge on any atom is -0.360 e. The second kappa shape index (κ2) is 6.27. The van der Waals surface area contributed by atoms with Crippen molar-refractivity contribution < 1.29 is 9.32 Å². The molecule has 7 heteroatoms. The highest BCUT2D eigenvalue weighted by Crippen LogP contribution is 2.16. The van der Waals surface area contributed by atoms with E-state index in [9.17, 15) is 9.59 Å². The highest BCUT2D eigenvalue weighted by Gasteiger charge is 2.17. The van der Waals surface area contributed by atoms with Gasteiger partial charge in [-0.3, -0.25) is 9.59 Å². The lowest BCUT2D eigenvalue weighted by atomic mass is 10.1. The number of rotatable bonds is 4. The zero-order valence-corrected chi connectivity index (χ0v) is 13.7. The van der Waals surface area contributed by atoms with Gasteiger partial charge in [0.2, 0.25) is 5.91 Å². The Labute approximate surface area is 138 Å². The summed E-state index contributed by atoms with van der Waals surface area (Å²) in [4.78, 5) is 24.6. The number of carbonyl (C=O) groups excluding carboxylic acids is 1. The van der Waals surface area contributed by atoms with Crippen molar-refractivity contribution in [2.75, 3.05) is 0 Å². The Kier molecular flexibility index (Phi) is 4.16. The van der Waals surface area contributed by atoms with E-state index in [2.05, 4.69) is 15.6 Å². The second-order valence-electron chi connectivity index (χ2n) is 5.71. The molecule has 1 amide bonds. The van der Waals surface area contributed by atoms with Crippen LogP contribution in [0.1, 0.15) is 30.0 Å². The molecular formula is C17H18N4O3. The summed E-state index contributed by atoms with van der Waals surface area (Å²) < 4.78 is 6.17. The molecule has 0 saturated carbocycles. The van der Waals surface area contributed by atoms with Crippen LogP contribution >= 0.6 is 0 Å². The minimum atomic E-state index is -0.435. The van der Waals surface area contributed by atoms with Gasteiger partial charge in [0, 0.05) is 0 Å². The van der Waals surface area contributed by atoms with Gasteiger partial charge in [0.1, 0.15) is 12.3 Å². The summed E-state index contributed by atoms with van der Waals surface area (Å²) in [7, 11) is 0. The van der Waals surface area contributed by atoms with Crippen LogP contribution in [0.5, 0.6) is 0 Å². The molecule has 3 rings (SSSR count). The number of aryl methyl sites for hydroxylation is 2. The van der Waals surface area contributed by atoms with E-state index >= 15 is 0 Å². The Morgan fingerprint density at radius 1 is 1.29 bits per heavy atom. The maximum absolute atomic E-state index is 12.4. The van der Waals surface area contributed by atoms with Crippen LogP contribution in [-0.2, 0) is 11.3 Å². The van der Waals surface area contributed by atoms with Gasteiger partial charge in [-0.2, -0.15) is 5.10 Å². The van der Waals surface area contributed by atoms with Gasteiger partial charge in [-0.25, -0.2) is 4.68 Å². The number of hydrogen-bond donors (Lipinski definition) is 1. The normalized spacial score (nSPS) is 12.3. The standard InChI is InChI=1S/C17H18N4O3/c1-10(13-7-5-4-6-8-13)18-14(22)9-21-17(23)16-15(11(2)19-21)12(3)24-20-16/h4-8,10H,9H2,1-3H3,(H,18,22)/t10-/m1/s1. The fourth-order valence-corrected chi connectivity index (χ4v) is 2.70. The summed E-state index contributed by atoms with van der Waals surface area (Å²) in [5.41, 5.74) is 1.36. The molecule has 124 valence electrons. The molecule has 0 saturated heterocycles. The van der Waals surface area contributed by atoms with Gasteiger partial charge >= 0.3 is 0 Å². The predicted molar refractivity (Wildman–Crippen MR) is 88.5 cm³/mol. The Morgan fingerprint density at radius 2 is 2.00 bits per heavy atom. The largest absolute Gasteiger partial charge is 0.360 e. The van der Waals surface area contributed by atoms with Gasteiger partial charge < -0.3 is 9.84 Å². The van der Waals surface area contributed by atoms with E-state index in [0.717, 1.165) is 10.2 Å². The van der Waals surface area contributed by atoms with Gasteiger partial charge in [0.15, 0.2) is 5.52 Å². The first-order valence-electron chi connectivity index (χ1n) is 7.65. The Bertz CT molecular complexity index is 944. The summed E-state index contributed by atoms with van der Waals surface area (Å²) in [6.07, 6.45) is 0. The lowest BCUT2D eigenvalue weighted by Crippen LogP contribution is -2.35. The van der Waals surface area contributed by atoms with Gasteiger partial charge in [0.25, 0.3) is 5.56 Å². The summed E-state index contributed by atoms with van der Waals surface area (Å²) in [5.74, 6) is 0.251. The Hall–Kier alpha value is -2.96. The zero-order chi connectivity index (χ0) is 17.3. The molecule has 1 aromatic carbocycles. The first-order chi connectivity index (χ1) is 11.5. The van der Waals surface area contributed by atoms with Crippen molar-refractivity contribution in [3.8, 4) is 0 Å². The molecule has 1 N–H and O–H groups in total. The van der Waals surface area contributed by atoms with E-state index in [-0.39, 0.29) is 24.0 Å². The molecule has 0 bridgehead atoms. The van der Waals surface area contributed by atoms with Crippen molar-refractivity contribution in [2.24, 2.45) is 0 Å². The van der Waals surface area contributed by atoms with Crippen molar-refractivity contribution in [3.05, 3.63) is 57.7 Å². The molecule has 3 aromatic rings. The van der Waals surface area contributed by atoms with Crippen LogP contribution in [0, 0.1) is 13.8 Å². The molecule has 2 heterocycles. The molecule has 0 aliphatic heterocycles. The van der Waals surface area contributed by atoms with Crippen LogP contribution in [-0.4, -0.2) is 20.8 Å². The quantitative estimate of drug-likeness (QED) is 0.790. The lowest BCUT2D eigenvalue weighted by Gasteiger charge is -2.14. The summed E-state index contributed by atoms with van der Waals surface area (Å²) in [5, 5.41) is 11.4. The molecule has 0 unspecified atom stereocenters. The van der Waals surface area contributed by atoms with E-state index in [0.29, 0.717) is 16.8 Å². The molecule has 0 radical (unpaired) electrons. The average Bonchev–Trinajstić information content (AvgIpc) is 2.95. The van der Waals surface area contributed by atoms with Crippen LogP contribution in [0.15, 0.2) is 39.6 Å². The first-order valence-corrected chi connectivity index (χ1v) is 7.65. The smallest absolute Gasteiger partial charge is 0.297 e. The van der Waals surface area contributed by atoms with Gasteiger partial charge in [-0.05, 0) is 26.3 Å². The first kappa shape index (κ1) is 15.9. The number of benzene rings is 1. The number of carbonyl (C=O) groups is 1. The molecule has 0 aliphatic carbocycles. The molecule has 7 nitrogen and oxygen atoms in total. The molecule has 1 atom stereocenters. The van der Waals surface area contributed by atoms with E-state index in [1.54, 1.807) is 13.8 Å². The third-order valence-electron chi connectivity index (χ3n) is 3.90. The van der Waals surface area contributed by atoms with Crippen LogP contribution < -0.4 is 10.9 Å². The van der Waals surface area contributed by atoms with E-state index in [4.69, 9.17) is 4.52 Å². The van der Waals surface area contributed by atoms with Crippen molar-refractivity contribution in [1.29, 1.82) is 0 Å². The highest BCUT2D eigenvalue weighted by atomic mass is 16.5. The third kappa shape index (κ3) is 2.92. The maximum Gasteiger partial charge on any atom is 0.297 e. The highest BCUT2D eigenvalue weighted by molar-refractivity contribution is 5.82. The summed E-state index contributed by atoms with van der Waals surface area (Å²) in [6, 6.07) is 9.45. The molecular weight excluding hydrogens is 308 g/mol. The number of hydrogen-bond acceptors (Lipinski definition) is 5. The molecule has 0 fully saturated rings. The van der Waals surface area contributed by atoms with Crippen molar-refractivity contribution in [2.45, 2.75) is 33.4 Å². The summed E-state index contributed by atoms with van der Waals surface area (Å²) in [6.45, 7) is 5.20. The van der Waals surface area contributed by atoms with Crippen LogP contribution in [0.3, 0.4) is 0 Å². The Morgan fingerprint density at radius 3 is 2.71 bits per heavy atom. The zero-order valence-electron chi connectivity index (χ0n) is 13.7. The maximum atomic E-state index is 12.4. The molecule has 0 aliphatic rings. The van der Waals surface area contributed by atoms with Gasteiger partial charge in [-0.1, -0.05) is 35.5 Å². The monoisotopic (exact) mass is 326 g/mol. The van der Waals surface area contributed by atoms with Crippen molar-refractivity contribution >= 4 is 16.8 Å². The van der Waals surface area contributed by atoms with Gasteiger partial charge in [0.05, 0.1) is 17.1 Å². The number of aromatic nitrogens is 3. The SMILES string of the molecule is Cc1nn(CC(=O)N[C@H](C)c2ccccc2)c(=O)c2noc(C)c12. The predicted octanol–water partition coefficient (Wildman–Crippen LogP) is 1.88. The minimum absolute atomic E-state index is 0.159. The Balaban J connectivity index is 1.81. The molecule has 2 aromatic heterocycles. The number of nitrogens with one attached hydrogen (secondary N) is 1. The number of nitrogens with zero attached hydrogens (tertiary/aromatic N) is 3. The third-order valence-corrected chi connectivity index (χ3v) is 3.90. The van der Waals surface area contributed by atoms with Gasteiger partial charge in [-0.15, -0.1) is 0 Å². The molecule has 24 heavy (non-hydrogen) atoms. The fourth-order valence-electron chi connectivity index (χ4n) is 2.70. The lowest BCUT2D eigenvalue weighted by molar-refractivity contribution is -0.122. The van der Waals surface area contributed by atoms with Crippen molar-refractivity contribution in [3.63, 3.8) is 0 Å². The van der Waals surface area contributed by atoms with Crippen LogP contribution in [0.4, 0.5) is 0 Å². The van der Waals surface area contributed by atoms with Crippen LogP contribution in [0.2, 0.25) is 0 Å². The topological polar surface area (TPSA) is 90.0 Å². The number of fused-ring (bicyclic) bond motifs is 1. The average molecular weight is 326 g/mol. The fraction of sp³-hybridized carbons (Fsp3) is 0.294. The molecule has 0 spiro atoms. The van der Waals surface area contributed by atoms with Crippen molar-refractivity contribution in [1.82, 2.24) is 20.3 Å². The van der Waals surface area contributed by atoms with Crippen LogP contribution in [0.25, 0.3) is 10.9 Å². The van der Waals surface area contributed by atoms with E-state index in [1.165, 1.54) is 0 Å². The van der Waals surface area contributed by atoms with E-state index < -0.39 is 5.56 Å². The second-order valence-corrected chi connectivity index (χ2v) is 5.71. The number of amides is 1.